The van der Waals surface area contributed by atoms with Crippen molar-refractivity contribution in [2.75, 3.05) is 31.1 Å². The van der Waals surface area contributed by atoms with Crippen LogP contribution in [0.4, 0.5) is 32.3 Å². The van der Waals surface area contributed by atoms with Crippen molar-refractivity contribution in [3.63, 3.8) is 0 Å². The van der Waals surface area contributed by atoms with Crippen LogP contribution in [0.2, 0.25) is 5.02 Å². The highest BCUT2D eigenvalue weighted by atomic mass is 35.5. The molecular formula is C23H24ClF6N5O2. The number of nitrogens with zero attached hydrogens (tertiary/aromatic N) is 4. The lowest BCUT2D eigenvalue weighted by Gasteiger charge is -2.34. The van der Waals surface area contributed by atoms with E-state index in [1.54, 1.807) is 0 Å². The largest absolute Gasteiger partial charge is 0.490 e. The summed E-state index contributed by atoms with van der Waals surface area (Å²) in [6.45, 7) is 1.86. The molecule has 0 unspecified atom stereocenters. The van der Waals surface area contributed by atoms with Gasteiger partial charge in [0.1, 0.15) is 11.8 Å². The van der Waals surface area contributed by atoms with Crippen LogP contribution in [0.15, 0.2) is 36.5 Å². The van der Waals surface area contributed by atoms with Crippen LogP contribution >= 0.6 is 11.6 Å². The fraction of sp³-hybridized carbons (Fsp3) is 0.522. The van der Waals surface area contributed by atoms with Crippen LogP contribution in [-0.4, -0.2) is 71.4 Å². The molecule has 14 heteroatoms. The fourth-order valence-electron chi connectivity index (χ4n) is 4.49. The minimum atomic E-state index is -5.20. The molecule has 4 rings (SSSR count). The van der Waals surface area contributed by atoms with Crippen LogP contribution in [0.5, 0.6) is 0 Å². The highest BCUT2D eigenvalue weighted by Crippen LogP contribution is 2.30. The third kappa shape index (κ3) is 7.23. The van der Waals surface area contributed by atoms with Crippen molar-refractivity contribution in [2.45, 2.75) is 49.9 Å². The van der Waals surface area contributed by atoms with Crippen molar-refractivity contribution in [1.29, 1.82) is 0 Å². The van der Waals surface area contributed by atoms with Crippen LogP contribution in [0, 0.1) is 0 Å². The maximum Gasteiger partial charge on any atom is 0.490 e. The molecule has 37 heavy (non-hydrogen) atoms. The van der Waals surface area contributed by atoms with Gasteiger partial charge in [-0.25, -0.2) is 14.8 Å². The first kappa shape index (κ1) is 27.4. The monoisotopic (exact) mass is 551 g/mol. The molecule has 2 fully saturated rings. The molecule has 2 aromatic rings. The molecule has 0 radical (unpaired) electrons. The molecular weight excluding hydrogens is 528 g/mol. The molecule has 2 aliphatic heterocycles. The molecule has 2 aliphatic rings. The number of aromatic nitrogens is 2. The van der Waals surface area contributed by atoms with E-state index in [0.717, 1.165) is 31.4 Å². The Morgan fingerprint density at radius 1 is 1.05 bits per heavy atom. The van der Waals surface area contributed by atoms with E-state index >= 15 is 0 Å². The minimum absolute atomic E-state index is 0.0257. The summed E-state index contributed by atoms with van der Waals surface area (Å²) in [7, 11) is 0. The van der Waals surface area contributed by atoms with Gasteiger partial charge in [0.15, 0.2) is 0 Å². The summed E-state index contributed by atoms with van der Waals surface area (Å²) in [4.78, 5) is 22.4. The van der Waals surface area contributed by atoms with E-state index in [9.17, 15) is 31.1 Å². The molecule has 1 aromatic carbocycles. The number of carbonyl (C=O) groups is 1. The smallest absolute Gasteiger partial charge is 0.452 e. The van der Waals surface area contributed by atoms with Crippen molar-refractivity contribution >= 4 is 23.5 Å². The number of hydrogen-bond donors (Lipinski definition) is 1. The topological polar surface area (TPSA) is 70.6 Å². The first-order chi connectivity index (χ1) is 17.4. The highest BCUT2D eigenvalue weighted by Gasteiger charge is 2.46. The van der Waals surface area contributed by atoms with Gasteiger partial charge in [-0.1, -0.05) is 23.7 Å². The Kier molecular flexibility index (Phi) is 8.14. The Labute approximate surface area is 213 Å². The third-order valence-corrected chi connectivity index (χ3v) is 6.58. The number of likely N-dealkylation sites (tertiary alicyclic amines) is 1. The van der Waals surface area contributed by atoms with Crippen LogP contribution in [0.3, 0.4) is 0 Å². The average molecular weight is 552 g/mol. The summed E-state index contributed by atoms with van der Waals surface area (Å²) in [5.41, 5.74) is -0.0757. The summed E-state index contributed by atoms with van der Waals surface area (Å²) in [5, 5.41) is 3.90. The van der Waals surface area contributed by atoms with E-state index in [0.29, 0.717) is 23.9 Å². The Balaban J connectivity index is 1.40. The first-order valence-corrected chi connectivity index (χ1v) is 11.9. The second kappa shape index (κ2) is 11.0. The van der Waals surface area contributed by atoms with E-state index in [-0.39, 0.29) is 25.1 Å². The molecule has 0 aliphatic carbocycles. The van der Waals surface area contributed by atoms with Crippen LogP contribution in [-0.2, 0) is 22.3 Å². The van der Waals surface area contributed by atoms with Crippen LogP contribution in [0.1, 0.15) is 24.1 Å². The summed E-state index contributed by atoms with van der Waals surface area (Å²) in [6.07, 6.45) is -8.86. The van der Waals surface area contributed by atoms with Crippen LogP contribution < -0.4 is 10.2 Å². The molecule has 0 amide bonds. The van der Waals surface area contributed by atoms with E-state index in [1.165, 1.54) is 4.90 Å². The standard InChI is InChI=1S/C23H24ClF6N5O2/c24-15-3-1-14(2-4-15)11-34-9-6-16(7-10-34)32-17-12-35(13-18(17)37-20(36)23(28,29)30)21-31-8-5-19(33-21)22(25,26)27/h1-5,8,16-18,32H,6-7,9-13H2/t17-,18-/m0/s1. The minimum Gasteiger partial charge on any atom is -0.452 e. The molecule has 1 N–H and O–H groups in total. The number of halogens is 7. The predicted octanol–water partition coefficient (Wildman–Crippen LogP) is 4.07. The van der Waals surface area contributed by atoms with Crippen molar-refractivity contribution < 1.29 is 35.9 Å². The predicted molar refractivity (Wildman–Crippen MR) is 122 cm³/mol. The lowest BCUT2D eigenvalue weighted by Crippen LogP contribution is -2.51. The van der Waals surface area contributed by atoms with Gasteiger partial charge in [0.05, 0.1) is 12.6 Å². The van der Waals surface area contributed by atoms with Gasteiger partial charge in [-0.05, 0) is 49.7 Å². The number of esters is 1. The quantitative estimate of drug-likeness (QED) is 0.429. The fourth-order valence-corrected chi connectivity index (χ4v) is 4.61. The molecule has 2 atom stereocenters. The number of piperidine rings is 1. The number of benzene rings is 1. The molecule has 1 aromatic heterocycles. The lowest BCUT2D eigenvalue weighted by molar-refractivity contribution is -0.204. The van der Waals surface area contributed by atoms with Gasteiger partial charge < -0.3 is 15.0 Å². The number of ether oxygens (including phenoxy) is 1. The number of rotatable bonds is 6. The molecule has 0 spiro atoms. The SMILES string of the molecule is O=C(O[C@H]1CN(c2nccc(C(F)(F)F)n2)C[C@@H]1NC1CCN(Cc2ccc(Cl)cc2)CC1)C(F)(F)F. The summed E-state index contributed by atoms with van der Waals surface area (Å²) in [5.74, 6) is -2.65. The summed E-state index contributed by atoms with van der Waals surface area (Å²) >= 11 is 5.92. The second-order valence-corrected chi connectivity index (χ2v) is 9.47. The average Bonchev–Trinajstić information content (AvgIpc) is 3.23. The van der Waals surface area contributed by atoms with Crippen LogP contribution in [0.25, 0.3) is 0 Å². The normalized spacial score (nSPS) is 21.9. The zero-order valence-corrected chi connectivity index (χ0v) is 20.2. The molecule has 0 saturated carbocycles. The first-order valence-electron chi connectivity index (χ1n) is 11.5. The van der Waals surface area contributed by atoms with E-state index < -0.39 is 36.2 Å². The van der Waals surface area contributed by atoms with Crippen molar-refractivity contribution in [1.82, 2.24) is 20.2 Å². The van der Waals surface area contributed by atoms with E-state index in [1.807, 2.05) is 24.3 Å². The van der Waals surface area contributed by atoms with E-state index in [2.05, 4.69) is 20.2 Å². The summed E-state index contributed by atoms with van der Waals surface area (Å²) < 4.78 is 82.6. The maximum atomic E-state index is 13.1. The molecule has 2 saturated heterocycles. The third-order valence-electron chi connectivity index (χ3n) is 6.33. The zero-order valence-electron chi connectivity index (χ0n) is 19.4. The van der Waals surface area contributed by atoms with Crippen molar-refractivity contribution in [3.05, 3.63) is 52.8 Å². The Morgan fingerprint density at radius 2 is 1.73 bits per heavy atom. The number of anilines is 1. The number of nitrogens with one attached hydrogen (secondary N) is 1. The van der Waals surface area contributed by atoms with Gasteiger partial charge in [-0.2, -0.15) is 26.3 Å². The van der Waals surface area contributed by atoms with Gasteiger partial charge in [0, 0.05) is 30.4 Å². The van der Waals surface area contributed by atoms with E-state index in [4.69, 9.17) is 16.3 Å². The lowest BCUT2D eigenvalue weighted by atomic mass is 10.0. The number of carbonyl (C=O) groups excluding carboxylic acids is 1. The molecule has 0 bridgehead atoms. The van der Waals surface area contributed by atoms with Gasteiger partial charge >= 0.3 is 18.3 Å². The van der Waals surface area contributed by atoms with Gasteiger partial charge in [-0.15, -0.1) is 0 Å². The van der Waals surface area contributed by atoms with Crippen molar-refractivity contribution in [3.8, 4) is 0 Å². The van der Waals surface area contributed by atoms with Gasteiger partial charge in [-0.3, -0.25) is 4.90 Å². The molecule has 202 valence electrons. The van der Waals surface area contributed by atoms with Gasteiger partial charge in [0.25, 0.3) is 0 Å². The summed E-state index contributed by atoms with van der Waals surface area (Å²) in [6, 6.07) is 7.37. The zero-order chi connectivity index (χ0) is 26.8. The van der Waals surface area contributed by atoms with Crippen molar-refractivity contribution in [2.24, 2.45) is 0 Å². The Bertz CT molecular complexity index is 1080. The molecule has 3 heterocycles. The Morgan fingerprint density at radius 3 is 2.35 bits per heavy atom. The number of alkyl halides is 6. The number of hydrogen-bond acceptors (Lipinski definition) is 7. The second-order valence-electron chi connectivity index (χ2n) is 9.04. The van der Waals surface area contributed by atoms with Gasteiger partial charge in [0.2, 0.25) is 5.95 Å². The maximum absolute atomic E-state index is 13.1. The molecule has 7 nitrogen and oxygen atoms in total. The Hall–Kier alpha value is -2.64. The highest BCUT2D eigenvalue weighted by molar-refractivity contribution is 6.30.